The summed E-state index contributed by atoms with van der Waals surface area (Å²) in [5.41, 5.74) is 2.07. The van der Waals surface area contributed by atoms with Gasteiger partial charge in [0.05, 0.1) is 6.54 Å². The largest absolute Gasteiger partial charge is 0.368 e. The Morgan fingerprint density at radius 2 is 1.73 bits per heavy atom. The Morgan fingerprint density at radius 3 is 2.40 bits per heavy atom. The normalized spacial score (nSPS) is 19.2. The van der Waals surface area contributed by atoms with E-state index in [9.17, 15) is 14.4 Å². The van der Waals surface area contributed by atoms with E-state index in [-0.39, 0.29) is 29.2 Å². The topological polar surface area (TPSA) is 84.7 Å². The molecule has 30 heavy (non-hydrogen) atoms. The maximum Gasteiger partial charge on any atom is 0.274 e. The molecule has 2 aliphatic heterocycles. The summed E-state index contributed by atoms with van der Waals surface area (Å²) in [5.74, 6) is -0.207. The van der Waals surface area contributed by atoms with Crippen molar-refractivity contribution in [3.8, 4) is 0 Å². The van der Waals surface area contributed by atoms with Crippen LogP contribution >= 0.6 is 0 Å². The average molecular weight is 410 g/mol. The Hall–Kier alpha value is -3.00. The third-order valence-electron chi connectivity index (χ3n) is 5.62. The summed E-state index contributed by atoms with van der Waals surface area (Å²) < 4.78 is 6.79. The summed E-state index contributed by atoms with van der Waals surface area (Å²) in [6.45, 7) is 4.79. The van der Waals surface area contributed by atoms with Gasteiger partial charge in [-0.15, -0.1) is 0 Å². The summed E-state index contributed by atoms with van der Waals surface area (Å²) >= 11 is 0. The van der Waals surface area contributed by atoms with Crippen LogP contribution in [0.3, 0.4) is 0 Å². The number of carbonyl (C=O) groups excluding carboxylic acids is 2. The second-order valence-corrected chi connectivity index (χ2v) is 7.82. The lowest BCUT2D eigenvalue weighted by Gasteiger charge is -2.35. The van der Waals surface area contributed by atoms with Crippen molar-refractivity contribution in [1.29, 1.82) is 0 Å². The molecule has 158 valence electrons. The maximum absolute atomic E-state index is 12.9. The van der Waals surface area contributed by atoms with Crippen LogP contribution in [-0.4, -0.2) is 70.3 Å². The Morgan fingerprint density at radius 1 is 1.03 bits per heavy atom. The Bertz CT molecular complexity index is 971. The minimum Gasteiger partial charge on any atom is -0.368 e. The van der Waals surface area contributed by atoms with Gasteiger partial charge in [-0.2, -0.15) is 5.10 Å². The van der Waals surface area contributed by atoms with Crippen molar-refractivity contribution < 1.29 is 14.3 Å². The van der Waals surface area contributed by atoms with E-state index in [2.05, 4.69) is 5.10 Å². The minimum absolute atomic E-state index is 0.0179. The van der Waals surface area contributed by atoms with Crippen LogP contribution in [0.4, 0.5) is 0 Å². The molecule has 3 heterocycles. The molecule has 8 heteroatoms. The first-order valence-electron chi connectivity index (χ1n) is 10.3. The molecule has 2 amide bonds. The fourth-order valence-electron chi connectivity index (χ4n) is 3.81. The van der Waals surface area contributed by atoms with Crippen LogP contribution < -0.4 is 5.56 Å². The molecule has 1 unspecified atom stereocenters. The molecule has 2 aromatic rings. The van der Waals surface area contributed by atoms with Crippen molar-refractivity contribution in [2.75, 3.05) is 32.8 Å². The molecule has 1 aromatic heterocycles. The molecule has 0 N–H and O–H groups in total. The zero-order chi connectivity index (χ0) is 21.1. The summed E-state index contributed by atoms with van der Waals surface area (Å²) in [7, 11) is 0. The molecule has 2 fully saturated rings. The predicted octanol–water partition coefficient (Wildman–Crippen LogP) is 1.06. The third-order valence-corrected chi connectivity index (χ3v) is 5.62. The van der Waals surface area contributed by atoms with E-state index in [4.69, 9.17) is 4.74 Å². The lowest BCUT2D eigenvalue weighted by Crippen LogP contribution is -2.53. The monoisotopic (exact) mass is 410 g/mol. The number of carbonyl (C=O) groups is 2. The molecular weight excluding hydrogens is 384 g/mol. The average Bonchev–Trinajstić information content (AvgIpc) is 3.31. The van der Waals surface area contributed by atoms with E-state index in [1.807, 2.05) is 31.2 Å². The Kier molecular flexibility index (Phi) is 5.94. The first kappa shape index (κ1) is 20.3. The highest BCUT2D eigenvalue weighted by molar-refractivity contribution is 5.92. The summed E-state index contributed by atoms with van der Waals surface area (Å²) in [5, 5.41) is 4.29. The zero-order valence-corrected chi connectivity index (χ0v) is 17.1. The van der Waals surface area contributed by atoms with Crippen molar-refractivity contribution in [3.05, 3.63) is 63.6 Å². The quantitative estimate of drug-likeness (QED) is 0.753. The molecule has 0 saturated carbocycles. The van der Waals surface area contributed by atoms with E-state index in [0.29, 0.717) is 39.3 Å². The highest BCUT2D eigenvalue weighted by atomic mass is 16.5. The van der Waals surface area contributed by atoms with Gasteiger partial charge in [0.2, 0.25) is 0 Å². The first-order valence-corrected chi connectivity index (χ1v) is 10.3. The zero-order valence-electron chi connectivity index (χ0n) is 17.1. The summed E-state index contributed by atoms with van der Waals surface area (Å²) in [6.07, 6.45) is 1.35. The predicted molar refractivity (Wildman–Crippen MR) is 110 cm³/mol. The molecule has 8 nitrogen and oxygen atoms in total. The minimum atomic E-state index is -0.334. The number of aromatic nitrogens is 2. The van der Waals surface area contributed by atoms with Crippen LogP contribution in [-0.2, 0) is 16.1 Å². The second-order valence-electron chi connectivity index (χ2n) is 7.82. The number of hydrogen-bond donors (Lipinski definition) is 0. The van der Waals surface area contributed by atoms with Crippen molar-refractivity contribution in [2.45, 2.75) is 32.4 Å². The van der Waals surface area contributed by atoms with Crippen LogP contribution in [0.2, 0.25) is 0 Å². The third kappa shape index (κ3) is 4.43. The lowest BCUT2D eigenvalue weighted by molar-refractivity contribution is -0.142. The molecule has 1 atom stereocenters. The van der Waals surface area contributed by atoms with Gasteiger partial charge >= 0.3 is 0 Å². The molecule has 0 aliphatic carbocycles. The van der Waals surface area contributed by atoms with E-state index >= 15 is 0 Å². The molecule has 2 aliphatic rings. The van der Waals surface area contributed by atoms with Gasteiger partial charge in [-0.1, -0.05) is 29.8 Å². The van der Waals surface area contributed by atoms with Gasteiger partial charge in [0, 0.05) is 38.9 Å². The molecular formula is C22H26N4O4. The van der Waals surface area contributed by atoms with Crippen LogP contribution in [0, 0.1) is 6.92 Å². The van der Waals surface area contributed by atoms with Crippen molar-refractivity contribution >= 4 is 11.8 Å². The first-order chi connectivity index (χ1) is 14.5. The van der Waals surface area contributed by atoms with Crippen LogP contribution in [0.5, 0.6) is 0 Å². The number of nitrogens with zero attached hydrogens (tertiary/aromatic N) is 4. The van der Waals surface area contributed by atoms with Crippen molar-refractivity contribution in [2.24, 2.45) is 0 Å². The molecule has 0 radical (unpaired) electrons. The second kappa shape index (κ2) is 8.79. The van der Waals surface area contributed by atoms with Gasteiger partial charge < -0.3 is 14.5 Å². The van der Waals surface area contributed by atoms with Crippen molar-refractivity contribution in [3.63, 3.8) is 0 Å². The number of benzene rings is 1. The number of rotatable bonds is 4. The van der Waals surface area contributed by atoms with Gasteiger partial charge in [-0.25, -0.2) is 4.68 Å². The van der Waals surface area contributed by atoms with E-state index < -0.39 is 0 Å². The van der Waals surface area contributed by atoms with Crippen LogP contribution in [0.15, 0.2) is 41.2 Å². The van der Waals surface area contributed by atoms with Gasteiger partial charge in [0.1, 0.15) is 11.8 Å². The molecule has 1 aromatic carbocycles. The van der Waals surface area contributed by atoms with E-state index in [0.717, 1.165) is 24.0 Å². The van der Waals surface area contributed by atoms with Gasteiger partial charge in [0.25, 0.3) is 17.4 Å². The lowest BCUT2D eigenvalue weighted by atomic mass is 10.1. The molecule has 2 saturated heterocycles. The number of piperazine rings is 1. The van der Waals surface area contributed by atoms with Gasteiger partial charge in [0.15, 0.2) is 0 Å². The van der Waals surface area contributed by atoms with Crippen molar-refractivity contribution in [1.82, 2.24) is 19.6 Å². The van der Waals surface area contributed by atoms with Crippen LogP contribution in [0.25, 0.3) is 0 Å². The molecule has 0 bridgehead atoms. The number of ether oxygens (including phenoxy) is 1. The highest BCUT2D eigenvalue weighted by Gasteiger charge is 2.31. The Labute approximate surface area is 175 Å². The maximum atomic E-state index is 12.9. The van der Waals surface area contributed by atoms with Gasteiger partial charge in [-0.3, -0.25) is 14.4 Å². The molecule has 0 spiro atoms. The SMILES string of the molecule is Cc1ccc(Cn2nc(C(=O)N3CCN(C(=O)C4CCCO4)CC3)ccc2=O)cc1. The standard InChI is InChI=1S/C22H26N4O4/c1-16-4-6-17(7-5-16)15-26-20(27)9-8-18(23-26)21(28)24-10-12-25(13-11-24)22(29)19-3-2-14-30-19/h4-9,19H,2-3,10-15H2,1H3. The van der Waals surface area contributed by atoms with E-state index in [1.165, 1.54) is 16.8 Å². The smallest absolute Gasteiger partial charge is 0.274 e. The fraction of sp³-hybridized carbons (Fsp3) is 0.455. The van der Waals surface area contributed by atoms with E-state index in [1.54, 1.807) is 9.80 Å². The number of amides is 2. The highest BCUT2D eigenvalue weighted by Crippen LogP contribution is 2.16. The van der Waals surface area contributed by atoms with Gasteiger partial charge in [-0.05, 0) is 31.4 Å². The Balaban J connectivity index is 1.40. The number of aryl methyl sites for hydroxylation is 1. The fourth-order valence-corrected chi connectivity index (χ4v) is 3.81. The number of hydrogen-bond acceptors (Lipinski definition) is 5. The van der Waals surface area contributed by atoms with Crippen LogP contribution in [0.1, 0.15) is 34.5 Å². The summed E-state index contributed by atoms with van der Waals surface area (Å²) in [4.78, 5) is 41.0. The summed E-state index contributed by atoms with van der Waals surface area (Å²) in [6, 6.07) is 10.7. The molecule has 4 rings (SSSR count).